The quantitative estimate of drug-likeness (QED) is 0.774. The molecule has 2 heterocycles. The van der Waals surface area contributed by atoms with Crippen molar-refractivity contribution in [2.75, 3.05) is 13.1 Å². The van der Waals surface area contributed by atoms with Gasteiger partial charge in [0.2, 0.25) is 0 Å². The Bertz CT molecular complexity index is 330. The zero-order chi connectivity index (χ0) is 9.80. The van der Waals surface area contributed by atoms with Gasteiger partial charge in [-0.1, -0.05) is 0 Å². The summed E-state index contributed by atoms with van der Waals surface area (Å²) in [6.07, 6.45) is 1.14. The van der Waals surface area contributed by atoms with Gasteiger partial charge in [-0.15, -0.1) is 11.3 Å². The first-order valence-corrected chi connectivity index (χ1v) is 5.79. The van der Waals surface area contributed by atoms with Gasteiger partial charge in [0, 0.05) is 18.0 Å². The second kappa shape index (κ2) is 4.46. The van der Waals surface area contributed by atoms with Gasteiger partial charge in [0.1, 0.15) is 0 Å². The van der Waals surface area contributed by atoms with E-state index in [2.05, 4.69) is 34.0 Å². The minimum absolute atomic E-state index is 0.884. The average Bonchev–Trinajstić information content (AvgIpc) is 2.63. The molecular weight excluding hydrogens is 194 g/mol. The molecule has 4 heteroatoms. The van der Waals surface area contributed by atoms with E-state index < -0.39 is 0 Å². The van der Waals surface area contributed by atoms with E-state index in [0.29, 0.717) is 0 Å². The van der Waals surface area contributed by atoms with Crippen molar-refractivity contribution in [3.8, 4) is 0 Å². The van der Waals surface area contributed by atoms with Crippen molar-refractivity contribution in [2.45, 2.75) is 19.9 Å². The third kappa shape index (κ3) is 2.26. The maximum Gasteiger partial charge on any atom is 0.191 e. The average molecular weight is 209 g/mol. The summed E-state index contributed by atoms with van der Waals surface area (Å²) in [7, 11) is 0. The molecule has 0 atom stereocenters. The molecular formula is C10H15N3S. The monoisotopic (exact) mass is 209 g/mol. The predicted molar refractivity (Wildman–Crippen MR) is 60.8 cm³/mol. The molecule has 0 aliphatic carbocycles. The van der Waals surface area contributed by atoms with Gasteiger partial charge in [0.05, 0.1) is 6.54 Å². The van der Waals surface area contributed by atoms with Crippen LogP contribution < -0.4 is 10.6 Å². The van der Waals surface area contributed by atoms with Crippen molar-refractivity contribution in [1.82, 2.24) is 10.6 Å². The molecule has 0 bridgehead atoms. The molecule has 0 unspecified atom stereocenters. The van der Waals surface area contributed by atoms with Crippen LogP contribution >= 0.6 is 11.3 Å². The second-order valence-corrected chi connectivity index (χ2v) is 4.39. The number of hydrogen-bond donors (Lipinski definition) is 2. The fraction of sp³-hybridized carbons (Fsp3) is 0.500. The van der Waals surface area contributed by atoms with Crippen LogP contribution in [0.15, 0.2) is 16.4 Å². The molecule has 3 nitrogen and oxygen atoms in total. The van der Waals surface area contributed by atoms with E-state index in [1.165, 1.54) is 10.4 Å². The van der Waals surface area contributed by atoms with Gasteiger partial charge in [-0.25, -0.2) is 0 Å². The van der Waals surface area contributed by atoms with Crippen molar-refractivity contribution in [3.63, 3.8) is 0 Å². The Labute approximate surface area is 88.3 Å². The van der Waals surface area contributed by atoms with E-state index >= 15 is 0 Å². The summed E-state index contributed by atoms with van der Waals surface area (Å²) in [6.45, 7) is 5.01. The van der Waals surface area contributed by atoms with Crippen LogP contribution in [0.3, 0.4) is 0 Å². The first-order chi connectivity index (χ1) is 6.86. The first kappa shape index (κ1) is 9.52. The Kier molecular flexibility index (Phi) is 3.03. The van der Waals surface area contributed by atoms with Gasteiger partial charge in [-0.05, 0) is 30.4 Å². The fourth-order valence-electron chi connectivity index (χ4n) is 1.40. The zero-order valence-electron chi connectivity index (χ0n) is 8.34. The lowest BCUT2D eigenvalue weighted by atomic mass is 10.3. The van der Waals surface area contributed by atoms with Crippen LogP contribution in [0.1, 0.15) is 16.9 Å². The number of aryl methyl sites for hydroxylation is 1. The Morgan fingerprint density at radius 2 is 2.57 bits per heavy atom. The van der Waals surface area contributed by atoms with Gasteiger partial charge in [0.15, 0.2) is 5.96 Å². The van der Waals surface area contributed by atoms with Crippen LogP contribution in [0, 0.1) is 6.92 Å². The van der Waals surface area contributed by atoms with Crippen molar-refractivity contribution in [3.05, 3.63) is 21.9 Å². The molecule has 1 aliphatic rings. The van der Waals surface area contributed by atoms with Gasteiger partial charge in [-0.3, -0.25) is 4.99 Å². The lowest BCUT2D eigenvalue weighted by molar-refractivity contribution is 0.703. The summed E-state index contributed by atoms with van der Waals surface area (Å²) in [5.41, 5.74) is 1.36. The van der Waals surface area contributed by atoms with Crippen LogP contribution in [-0.2, 0) is 6.54 Å². The van der Waals surface area contributed by atoms with Crippen LogP contribution in [0.4, 0.5) is 0 Å². The third-order valence-corrected chi connectivity index (χ3v) is 3.30. The number of guanidine groups is 1. The number of nitrogens with zero attached hydrogens (tertiary/aromatic N) is 1. The molecule has 14 heavy (non-hydrogen) atoms. The molecule has 1 aliphatic heterocycles. The van der Waals surface area contributed by atoms with Crippen molar-refractivity contribution in [1.29, 1.82) is 0 Å². The van der Waals surface area contributed by atoms with Gasteiger partial charge in [0.25, 0.3) is 0 Å². The van der Waals surface area contributed by atoms with Gasteiger partial charge in [-0.2, -0.15) is 0 Å². The molecule has 1 aromatic heterocycles. The van der Waals surface area contributed by atoms with Crippen LogP contribution in [0.2, 0.25) is 0 Å². The van der Waals surface area contributed by atoms with Crippen molar-refractivity contribution < 1.29 is 0 Å². The molecule has 0 aromatic carbocycles. The minimum atomic E-state index is 0.884. The summed E-state index contributed by atoms with van der Waals surface area (Å²) in [5, 5.41) is 8.69. The zero-order valence-corrected chi connectivity index (χ0v) is 9.16. The molecule has 0 saturated heterocycles. The largest absolute Gasteiger partial charge is 0.356 e. The number of nitrogens with one attached hydrogen (secondary N) is 2. The molecule has 2 rings (SSSR count). The van der Waals surface area contributed by atoms with Gasteiger partial charge < -0.3 is 10.6 Å². The summed E-state index contributed by atoms with van der Waals surface area (Å²) in [6, 6.07) is 2.15. The Morgan fingerprint density at radius 1 is 1.64 bits per heavy atom. The third-order valence-electron chi connectivity index (χ3n) is 2.28. The number of thiophene rings is 1. The highest BCUT2D eigenvalue weighted by molar-refractivity contribution is 7.10. The van der Waals surface area contributed by atoms with Crippen LogP contribution in [0.5, 0.6) is 0 Å². The Hall–Kier alpha value is -1.03. The van der Waals surface area contributed by atoms with E-state index in [0.717, 1.165) is 32.0 Å². The molecule has 2 N–H and O–H groups in total. The highest BCUT2D eigenvalue weighted by Crippen LogP contribution is 2.14. The maximum atomic E-state index is 4.36. The molecule has 1 aromatic rings. The molecule has 76 valence electrons. The summed E-state index contributed by atoms with van der Waals surface area (Å²) in [5.74, 6) is 0.948. The van der Waals surface area contributed by atoms with Crippen LogP contribution in [0.25, 0.3) is 0 Å². The lowest BCUT2D eigenvalue weighted by Crippen LogP contribution is -2.40. The summed E-state index contributed by atoms with van der Waals surface area (Å²) < 4.78 is 0. The topological polar surface area (TPSA) is 36.4 Å². The standard InChI is InChI=1S/C10H15N3S/c1-8-3-6-14-9(8)7-13-10-11-4-2-5-12-10/h3,6H,2,4-5,7H2,1H3,(H2,11,12,13). The summed E-state index contributed by atoms with van der Waals surface area (Å²) in [4.78, 5) is 5.75. The first-order valence-electron chi connectivity index (χ1n) is 4.91. The predicted octanol–water partition coefficient (Wildman–Crippen LogP) is 1.50. The Balaban J connectivity index is 1.88. The Morgan fingerprint density at radius 3 is 3.21 bits per heavy atom. The maximum absolute atomic E-state index is 4.36. The van der Waals surface area contributed by atoms with Crippen molar-refractivity contribution >= 4 is 17.3 Å². The molecule has 0 fully saturated rings. The second-order valence-electron chi connectivity index (χ2n) is 3.39. The van der Waals surface area contributed by atoms with Gasteiger partial charge >= 0.3 is 0 Å². The SMILES string of the molecule is Cc1ccsc1CNC1=NCCCN1. The normalized spacial score (nSPS) is 15.9. The highest BCUT2D eigenvalue weighted by Gasteiger charge is 2.04. The molecule has 0 spiro atoms. The number of rotatable bonds is 2. The highest BCUT2D eigenvalue weighted by atomic mass is 32.1. The smallest absolute Gasteiger partial charge is 0.191 e. The molecule has 0 amide bonds. The van der Waals surface area contributed by atoms with E-state index in [1.54, 1.807) is 11.3 Å². The molecule has 0 radical (unpaired) electrons. The lowest BCUT2D eigenvalue weighted by Gasteiger charge is -2.15. The fourth-order valence-corrected chi connectivity index (χ4v) is 2.25. The van der Waals surface area contributed by atoms with Crippen LogP contribution in [-0.4, -0.2) is 19.0 Å². The minimum Gasteiger partial charge on any atom is -0.356 e. The summed E-state index contributed by atoms with van der Waals surface area (Å²) >= 11 is 1.79. The van der Waals surface area contributed by atoms with E-state index in [4.69, 9.17) is 0 Å². The van der Waals surface area contributed by atoms with E-state index in [9.17, 15) is 0 Å². The number of hydrogen-bond acceptors (Lipinski definition) is 4. The molecule has 0 saturated carbocycles. The number of aliphatic imine (C=N–C) groups is 1. The van der Waals surface area contributed by atoms with E-state index in [1.807, 2.05) is 0 Å². The van der Waals surface area contributed by atoms with Crippen molar-refractivity contribution in [2.24, 2.45) is 4.99 Å². The van der Waals surface area contributed by atoms with E-state index in [-0.39, 0.29) is 0 Å².